The van der Waals surface area contributed by atoms with Crippen LogP contribution in [0.3, 0.4) is 0 Å². The minimum Gasteiger partial charge on any atom is -0.352 e. The number of hydrogen-bond acceptors (Lipinski definition) is 2. The first-order chi connectivity index (χ1) is 11.6. The molecule has 3 aromatic rings. The van der Waals surface area contributed by atoms with Gasteiger partial charge in [0.05, 0.1) is 17.4 Å². The number of halogens is 2. The highest BCUT2D eigenvalue weighted by atomic mass is 79.9. The highest BCUT2D eigenvalue weighted by Gasteiger charge is 2.11. The summed E-state index contributed by atoms with van der Waals surface area (Å²) < 4.78 is 16.1. The number of aromatic nitrogens is 2. The third-order valence-electron chi connectivity index (χ3n) is 3.53. The minimum atomic E-state index is -0.543. The van der Waals surface area contributed by atoms with E-state index in [-0.39, 0.29) is 5.56 Å². The molecule has 2 aromatic carbocycles. The molecule has 24 heavy (non-hydrogen) atoms. The zero-order chi connectivity index (χ0) is 16.9. The average Bonchev–Trinajstić information content (AvgIpc) is 3.04. The normalized spacial score (nSPS) is 10.6. The van der Waals surface area contributed by atoms with Crippen molar-refractivity contribution < 1.29 is 9.18 Å². The first-order valence-electron chi connectivity index (χ1n) is 7.46. The topological polar surface area (TPSA) is 46.9 Å². The summed E-state index contributed by atoms with van der Waals surface area (Å²) in [4.78, 5) is 12.0. The van der Waals surface area contributed by atoms with Crippen LogP contribution in [0.25, 0.3) is 5.69 Å². The molecule has 0 unspecified atom stereocenters. The Morgan fingerprint density at radius 2 is 2.00 bits per heavy atom. The number of carbonyl (C=O) groups is 1. The number of hydrogen-bond donors (Lipinski definition) is 1. The van der Waals surface area contributed by atoms with E-state index in [0.29, 0.717) is 17.4 Å². The van der Waals surface area contributed by atoms with Crippen molar-refractivity contribution >= 4 is 21.8 Å². The summed E-state index contributed by atoms with van der Waals surface area (Å²) in [7, 11) is 0. The molecule has 0 bridgehead atoms. The van der Waals surface area contributed by atoms with Crippen molar-refractivity contribution in [1.82, 2.24) is 15.1 Å². The number of amides is 1. The van der Waals surface area contributed by atoms with Crippen molar-refractivity contribution in [3.8, 4) is 5.69 Å². The van der Waals surface area contributed by atoms with Gasteiger partial charge < -0.3 is 5.32 Å². The third kappa shape index (κ3) is 3.89. The van der Waals surface area contributed by atoms with Crippen molar-refractivity contribution in [2.75, 3.05) is 6.54 Å². The van der Waals surface area contributed by atoms with Crippen molar-refractivity contribution in [3.63, 3.8) is 0 Å². The second-order valence-corrected chi connectivity index (χ2v) is 6.17. The van der Waals surface area contributed by atoms with Gasteiger partial charge in [0, 0.05) is 17.2 Å². The zero-order valence-electron chi connectivity index (χ0n) is 12.7. The second-order valence-electron chi connectivity index (χ2n) is 5.26. The molecule has 0 aliphatic rings. The summed E-state index contributed by atoms with van der Waals surface area (Å²) in [5, 5.41) is 7.03. The van der Waals surface area contributed by atoms with E-state index >= 15 is 0 Å². The lowest BCUT2D eigenvalue weighted by molar-refractivity contribution is 0.0950. The highest BCUT2D eigenvalue weighted by molar-refractivity contribution is 9.10. The van der Waals surface area contributed by atoms with Gasteiger partial charge in [0.1, 0.15) is 5.82 Å². The molecule has 0 saturated carbocycles. The molecule has 0 aliphatic heterocycles. The van der Waals surface area contributed by atoms with Crippen LogP contribution in [0.5, 0.6) is 0 Å². The SMILES string of the molecule is O=C(NCCc1cnn(-c2ccccc2)c1)c1ccc(Br)cc1F. The van der Waals surface area contributed by atoms with Crippen LogP contribution in [0, 0.1) is 5.82 Å². The maximum absolute atomic E-state index is 13.7. The van der Waals surface area contributed by atoms with Gasteiger partial charge in [-0.05, 0) is 42.3 Å². The van der Waals surface area contributed by atoms with Gasteiger partial charge in [0.2, 0.25) is 0 Å². The van der Waals surface area contributed by atoms with Crippen molar-refractivity contribution in [1.29, 1.82) is 0 Å². The molecule has 0 saturated heterocycles. The van der Waals surface area contributed by atoms with Gasteiger partial charge in [0.15, 0.2) is 0 Å². The summed E-state index contributed by atoms with van der Waals surface area (Å²) in [5.41, 5.74) is 2.01. The van der Waals surface area contributed by atoms with E-state index in [4.69, 9.17) is 0 Å². The highest BCUT2D eigenvalue weighted by Crippen LogP contribution is 2.15. The Balaban J connectivity index is 1.57. The number of carbonyl (C=O) groups excluding carboxylic acids is 1. The van der Waals surface area contributed by atoms with Gasteiger partial charge in [-0.1, -0.05) is 34.1 Å². The van der Waals surface area contributed by atoms with E-state index < -0.39 is 11.7 Å². The number of nitrogens with one attached hydrogen (secondary N) is 1. The largest absolute Gasteiger partial charge is 0.352 e. The lowest BCUT2D eigenvalue weighted by Crippen LogP contribution is -2.26. The molecule has 0 radical (unpaired) electrons. The number of benzene rings is 2. The molecular weight excluding hydrogens is 373 g/mol. The van der Waals surface area contributed by atoms with Gasteiger partial charge in [-0.2, -0.15) is 5.10 Å². The fourth-order valence-corrected chi connectivity index (χ4v) is 2.63. The van der Waals surface area contributed by atoms with Gasteiger partial charge >= 0.3 is 0 Å². The van der Waals surface area contributed by atoms with E-state index in [0.717, 1.165) is 11.3 Å². The van der Waals surface area contributed by atoms with Gasteiger partial charge in [-0.15, -0.1) is 0 Å². The van der Waals surface area contributed by atoms with E-state index in [1.165, 1.54) is 12.1 Å². The molecule has 0 atom stereocenters. The molecule has 1 N–H and O–H groups in total. The van der Waals surface area contributed by atoms with E-state index in [1.807, 2.05) is 36.5 Å². The van der Waals surface area contributed by atoms with E-state index in [1.54, 1.807) is 16.9 Å². The predicted octanol–water partition coefficient (Wildman–Crippen LogP) is 3.75. The van der Waals surface area contributed by atoms with E-state index in [2.05, 4.69) is 26.3 Å². The van der Waals surface area contributed by atoms with Crippen LogP contribution in [0.15, 0.2) is 65.4 Å². The molecule has 122 valence electrons. The van der Waals surface area contributed by atoms with Crippen molar-refractivity contribution in [3.05, 3.63) is 82.3 Å². The quantitative estimate of drug-likeness (QED) is 0.724. The number of nitrogens with zero attached hydrogens (tertiary/aromatic N) is 2. The number of para-hydroxylation sites is 1. The summed E-state index contributed by atoms with van der Waals surface area (Å²) in [6.45, 7) is 0.412. The second kappa shape index (κ2) is 7.40. The van der Waals surface area contributed by atoms with Crippen LogP contribution in [0.4, 0.5) is 4.39 Å². The fraction of sp³-hybridized carbons (Fsp3) is 0.111. The molecule has 0 fully saturated rings. The average molecular weight is 388 g/mol. The number of rotatable bonds is 5. The molecule has 0 spiro atoms. The summed E-state index contributed by atoms with van der Waals surface area (Å²) in [6.07, 6.45) is 4.30. The van der Waals surface area contributed by atoms with Crippen LogP contribution in [-0.2, 0) is 6.42 Å². The summed E-state index contributed by atoms with van der Waals surface area (Å²) in [5.74, 6) is -0.964. The monoisotopic (exact) mass is 387 g/mol. The molecule has 4 nitrogen and oxygen atoms in total. The Morgan fingerprint density at radius 1 is 1.21 bits per heavy atom. The molecule has 3 rings (SSSR count). The Hall–Kier alpha value is -2.47. The predicted molar refractivity (Wildman–Crippen MR) is 93.7 cm³/mol. The first kappa shape index (κ1) is 16.4. The Kier molecular flexibility index (Phi) is 5.05. The van der Waals surface area contributed by atoms with Gasteiger partial charge in [-0.3, -0.25) is 4.79 Å². The molecule has 1 aromatic heterocycles. The zero-order valence-corrected chi connectivity index (χ0v) is 14.3. The third-order valence-corrected chi connectivity index (χ3v) is 4.03. The fourth-order valence-electron chi connectivity index (χ4n) is 2.30. The molecule has 1 amide bonds. The lowest BCUT2D eigenvalue weighted by atomic mass is 10.2. The summed E-state index contributed by atoms with van der Waals surface area (Å²) in [6, 6.07) is 14.2. The molecule has 0 aliphatic carbocycles. The molecular formula is C18H15BrFN3O. The van der Waals surface area contributed by atoms with E-state index in [9.17, 15) is 9.18 Å². The maximum atomic E-state index is 13.7. The lowest BCUT2D eigenvalue weighted by Gasteiger charge is -2.05. The van der Waals surface area contributed by atoms with Crippen LogP contribution in [0.1, 0.15) is 15.9 Å². The van der Waals surface area contributed by atoms with Gasteiger partial charge in [0.25, 0.3) is 5.91 Å². The summed E-state index contributed by atoms with van der Waals surface area (Å²) >= 11 is 3.17. The Labute approximate surface area is 147 Å². The minimum absolute atomic E-state index is 0.0400. The van der Waals surface area contributed by atoms with Crippen LogP contribution in [-0.4, -0.2) is 22.2 Å². The van der Waals surface area contributed by atoms with Crippen molar-refractivity contribution in [2.24, 2.45) is 0 Å². The maximum Gasteiger partial charge on any atom is 0.254 e. The van der Waals surface area contributed by atoms with Crippen LogP contribution >= 0.6 is 15.9 Å². The van der Waals surface area contributed by atoms with Crippen LogP contribution < -0.4 is 5.32 Å². The van der Waals surface area contributed by atoms with Crippen molar-refractivity contribution in [2.45, 2.75) is 6.42 Å². The Morgan fingerprint density at radius 3 is 2.75 bits per heavy atom. The smallest absolute Gasteiger partial charge is 0.254 e. The first-order valence-corrected chi connectivity index (χ1v) is 8.25. The van der Waals surface area contributed by atoms with Gasteiger partial charge in [-0.25, -0.2) is 9.07 Å². The molecule has 6 heteroatoms. The molecule has 1 heterocycles. The standard InChI is InChI=1S/C18H15BrFN3O/c19-14-6-7-16(17(20)10-14)18(24)21-9-8-13-11-22-23(12-13)15-4-2-1-3-5-15/h1-7,10-12H,8-9H2,(H,21,24). The Bertz CT molecular complexity index is 848. The van der Waals surface area contributed by atoms with Crippen LogP contribution in [0.2, 0.25) is 0 Å².